The Morgan fingerprint density at radius 3 is 2.23 bits per heavy atom. The van der Waals surface area contributed by atoms with Crippen LogP contribution < -0.4 is 0 Å². The van der Waals surface area contributed by atoms with E-state index in [-0.39, 0.29) is 33.8 Å². The van der Waals surface area contributed by atoms with Crippen molar-refractivity contribution in [3.05, 3.63) is 27.2 Å². The number of aromatic hydroxyl groups is 1. The van der Waals surface area contributed by atoms with E-state index in [1.165, 1.54) is 0 Å². The summed E-state index contributed by atoms with van der Waals surface area (Å²) in [7, 11) is 0. The van der Waals surface area contributed by atoms with Crippen LogP contribution in [0.25, 0.3) is 0 Å². The van der Waals surface area contributed by atoms with Gasteiger partial charge in [0.25, 0.3) is 0 Å². The van der Waals surface area contributed by atoms with E-state index in [9.17, 15) is 9.90 Å². The van der Waals surface area contributed by atoms with Crippen LogP contribution in [-0.4, -0.2) is 10.9 Å². The second kappa shape index (κ2) is 6.80. The second-order valence-electron chi connectivity index (χ2n) is 8.10. The number of hydrogen-bond donors (Lipinski definition) is 1. The van der Waals surface area contributed by atoms with E-state index < -0.39 is 0 Å². The fraction of sp³-hybridized carbons (Fsp3) is 0.611. The van der Waals surface area contributed by atoms with Gasteiger partial charge in [0, 0.05) is 23.4 Å². The minimum Gasteiger partial charge on any atom is -0.506 e. The summed E-state index contributed by atoms with van der Waals surface area (Å²) in [5, 5.41) is 10.8. The van der Waals surface area contributed by atoms with E-state index in [1.54, 1.807) is 13.0 Å². The fourth-order valence-corrected chi connectivity index (χ4v) is 3.69. The third-order valence-electron chi connectivity index (χ3n) is 3.57. The molecule has 0 spiro atoms. The zero-order chi connectivity index (χ0) is 17.3. The van der Waals surface area contributed by atoms with Crippen molar-refractivity contribution in [1.29, 1.82) is 0 Å². The van der Waals surface area contributed by atoms with Crippen molar-refractivity contribution in [1.82, 2.24) is 0 Å². The molecular formula is C18H26Cl2O2. The predicted octanol–water partition coefficient (Wildman–Crippen LogP) is 5.97. The van der Waals surface area contributed by atoms with E-state index >= 15 is 0 Å². The standard InChI is InChI=1S/C18H26Cl2O2/c1-11-14(19)8-12(16(22)15(11)20)7-13(21)9-18(5,6)10-17(2,3)4/h8,22H,7,9-10H2,1-6H3. The average molecular weight is 345 g/mol. The van der Waals surface area contributed by atoms with Gasteiger partial charge in [-0.15, -0.1) is 0 Å². The van der Waals surface area contributed by atoms with Gasteiger partial charge in [-0.25, -0.2) is 0 Å². The van der Waals surface area contributed by atoms with Crippen molar-refractivity contribution in [2.45, 2.75) is 60.8 Å². The van der Waals surface area contributed by atoms with Gasteiger partial charge in [-0.05, 0) is 35.8 Å². The summed E-state index contributed by atoms with van der Waals surface area (Å²) in [6.07, 6.45) is 1.57. The van der Waals surface area contributed by atoms with Crippen LogP contribution in [0, 0.1) is 17.8 Å². The highest BCUT2D eigenvalue weighted by atomic mass is 35.5. The van der Waals surface area contributed by atoms with Crippen LogP contribution in [0.5, 0.6) is 5.75 Å². The van der Waals surface area contributed by atoms with E-state index in [0.717, 1.165) is 6.42 Å². The normalized spacial score (nSPS) is 12.5. The van der Waals surface area contributed by atoms with Crippen molar-refractivity contribution in [2.24, 2.45) is 10.8 Å². The van der Waals surface area contributed by atoms with Gasteiger partial charge in [-0.1, -0.05) is 57.8 Å². The van der Waals surface area contributed by atoms with Gasteiger partial charge < -0.3 is 5.11 Å². The first-order valence-corrected chi connectivity index (χ1v) is 8.26. The molecule has 124 valence electrons. The summed E-state index contributed by atoms with van der Waals surface area (Å²) in [5.74, 6) is 0.0473. The van der Waals surface area contributed by atoms with Crippen LogP contribution >= 0.6 is 23.2 Å². The van der Waals surface area contributed by atoms with Crippen LogP contribution in [0.3, 0.4) is 0 Å². The summed E-state index contributed by atoms with van der Waals surface area (Å²) in [5.41, 5.74) is 1.22. The molecule has 1 aromatic carbocycles. The van der Waals surface area contributed by atoms with Gasteiger partial charge in [0.2, 0.25) is 0 Å². The van der Waals surface area contributed by atoms with Gasteiger partial charge >= 0.3 is 0 Å². The molecule has 0 radical (unpaired) electrons. The lowest BCUT2D eigenvalue weighted by atomic mass is 9.73. The molecule has 0 aliphatic rings. The van der Waals surface area contributed by atoms with Crippen LogP contribution in [0.2, 0.25) is 10.0 Å². The second-order valence-corrected chi connectivity index (χ2v) is 8.88. The molecular weight excluding hydrogens is 319 g/mol. The first kappa shape index (κ1) is 19.3. The van der Waals surface area contributed by atoms with Gasteiger partial charge in [0.1, 0.15) is 11.5 Å². The first-order chi connectivity index (χ1) is 9.82. The maximum Gasteiger partial charge on any atom is 0.138 e. The molecule has 0 aliphatic heterocycles. The Labute approximate surface area is 143 Å². The molecule has 4 heteroatoms. The number of phenols is 1. The van der Waals surface area contributed by atoms with Crippen molar-refractivity contribution >= 4 is 29.0 Å². The Morgan fingerprint density at radius 1 is 1.18 bits per heavy atom. The molecule has 0 saturated heterocycles. The molecule has 0 atom stereocenters. The number of benzene rings is 1. The molecule has 1 aromatic rings. The highest BCUT2D eigenvalue weighted by Crippen LogP contribution is 2.38. The van der Waals surface area contributed by atoms with Crippen molar-refractivity contribution in [3.63, 3.8) is 0 Å². The molecule has 0 aliphatic carbocycles. The number of halogens is 2. The van der Waals surface area contributed by atoms with Crippen molar-refractivity contribution in [2.75, 3.05) is 0 Å². The number of phenolic OH excluding ortho intramolecular Hbond substituents is 1. The van der Waals surface area contributed by atoms with Crippen LogP contribution in [-0.2, 0) is 11.2 Å². The molecule has 22 heavy (non-hydrogen) atoms. The Bertz CT molecular complexity index is 569. The minimum atomic E-state index is -0.0801. The van der Waals surface area contributed by atoms with Gasteiger partial charge in [0.15, 0.2) is 0 Å². The molecule has 1 rings (SSSR count). The van der Waals surface area contributed by atoms with Crippen LogP contribution in [0.4, 0.5) is 0 Å². The lowest BCUT2D eigenvalue weighted by Gasteiger charge is -2.32. The van der Waals surface area contributed by atoms with Crippen molar-refractivity contribution in [3.8, 4) is 5.75 Å². The van der Waals surface area contributed by atoms with E-state index in [4.69, 9.17) is 23.2 Å². The maximum absolute atomic E-state index is 12.4. The maximum atomic E-state index is 12.4. The molecule has 1 N–H and O–H groups in total. The third kappa shape index (κ3) is 5.48. The lowest BCUT2D eigenvalue weighted by molar-refractivity contribution is -0.120. The van der Waals surface area contributed by atoms with E-state index in [2.05, 4.69) is 34.6 Å². The lowest BCUT2D eigenvalue weighted by Crippen LogP contribution is -2.24. The molecule has 2 nitrogen and oxygen atoms in total. The number of carbonyl (C=O) groups is 1. The van der Waals surface area contributed by atoms with E-state index in [1.807, 2.05) is 0 Å². The highest BCUT2D eigenvalue weighted by Gasteiger charge is 2.28. The Hall–Kier alpha value is -0.730. The SMILES string of the molecule is Cc1c(Cl)cc(CC(=O)CC(C)(C)CC(C)(C)C)c(O)c1Cl. The Kier molecular flexibility index (Phi) is 5.97. The third-order valence-corrected chi connectivity index (χ3v) is 4.43. The van der Waals surface area contributed by atoms with Gasteiger partial charge in [-0.3, -0.25) is 4.79 Å². The first-order valence-electron chi connectivity index (χ1n) is 7.50. The number of carbonyl (C=O) groups excluding carboxylic acids is 1. The predicted molar refractivity (Wildman–Crippen MR) is 94.0 cm³/mol. The number of Topliss-reactive ketones (excluding diaryl/α,β-unsaturated/α-hetero) is 1. The number of rotatable bonds is 5. The summed E-state index contributed by atoms with van der Waals surface area (Å²) < 4.78 is 0. The number of hydrogen-bond acceptors (Lipinski definition) is 2. The molecule has 0 bridgehead atoms. The van der Waals surface area contributed by atoms with Crippen LogP contribution in [0.15, 0.2) is 6.07 Å². The zero-order valence-electron chi connectivity index (χ0n) is 14.3. The van der Waals surface area contributed by atoms with Crippen LogP contribution in [0.1, 0.15) is 58.6 Å². The topological polar surface area (TPSA) is 37.3 Å². The number of ketones is 1. The molecule has 0 aromatic heterocycles. The minimum absolute atomic E-state index is 0.0365. The Morgan fingerprint density at radius 2 is 1.73 bits per heavy atom. The summed E-state index contributed by atoms with van der Waals surface area (Å²) in [6.45, 7) is 12.5. The van der Waals surface area contributed by atoms with Gasteiger partial charge in [0.05, 0.1) is 5.02 Å². The summed E-state index contributed by atoms with van der Waals surface area (Å²) >= 11 is 12.1. The molecule has 0 saturated carbocycles. The average Bonchev–Trinajstić information content (AvgIpc) is 2.29. The van der Waals surface area contributed by atoms with Gasteiger partial charge in [-0.2, -0.15) is 0 Å². The van der Waals surface area contributed by atoms with Crippen molar-refractivity contribution < 1.29 is 9.90 Å². The molecule has 0 amide bonds. The van der Waals surface area contributed by atoms with E-state index in [0.29, 0.717) is 22.6 Å². The zero-order valence-corrected chi connectivity index (χ0v) is 15.8. The fourth-order valence-electron chi connectivity index (χ4n) is 3.19. The molecule has 0 heterocycles. The molecule has 0 unspecified atom stereocenters. The monoisotopic (exact) mass is 344 g/mol. The largest absolute Gasteiger partial charge is 0.506 e. The summed E-state index contributed by atoms with van der Waals surface area (Å²) in [4.78, 5) is 12.4. The Balaban J connectivity index is 2.86. The molecule has 0 fully saturated rings. The quantitative estimate of drug-likeness (QED) is 0.714. The highest BCUT2D eigenvalue weighted by molar-refractivity contribution is 6.37. The smallest absolute Gasteiger partial charge is 0.138 e. The summed E-state index contributed by atoms with van der Waals surface area (Å²) in [6, 6.07) is 1.63.